The highest BCUT2D eigenvalue weighted by Gasteiger charge is 2.51. The third kappa shape index (κ3) is 6.43. The second kappa shape index (κ2) is 9.85. The molecule has 0 bridgehead atoms. The highest BCUT2D eigenvalue weighted by molar-refractivity contribution is 5.69. The van der Waals surface area contributed by atoms with Crippen molar-refractivity contribution >= 4 is 30.2 Å². The first-order chi connectivity index (χ1) is 12.1. The Labute approximate surface area is 150 Å². The Morgan fingerprint density at radius 2 is 1.23 bits per heavy atom. The van der Waals surface area contributed by atoms with Crippen molar-refractivity contribution in [1.82, 2.24) is 0 Å². The van der Waals surface area contributed by atoms with Crippen LogP contribution < -0.4 is 0 Å². The predicted octanol–water partition coefficient (Wildman–Crippen LogP) is -0.299. The standard InChI is InChI=1S/C16H22O10/c1-8(18)22-7-13-15(24-10(3)20)16(25-11(4)21)14(23-9(2)19)12(26-13)5-6-17/h6,12-16H,5,7H2,1-4H3/t12-,13-,14+,15-,16-/m1/s1. The summed E-state index contributed by atoms with van der Waals surface area (Å²) in [6.07, 6.45) is -5.26. The molecule has 0 N–H and O–H groups in total. The zero-order chi connectivity index (χ0) is 19.9. The Balaban J connectivity index is 3.24. The first kappa shape index (κ1) is 21.6. The maximum atomic E-state index is 11.5. The maximum absolute atomic E-state index is 11.5. The van der Waals surface area contributed by atoms with Gasteiger partial charge in [-0.3, -0.25) is 19.2 Å². The number of esters is 4. The van der Waals surface area contributed by atoms with E-state index in [-0.39, 0.29) is 13.0 Å². The molecule has 1 rings (SSSR count). The van der Waals surface area contributed by atoms with E-state index in [1.165, 1.54) is 6.92 Å². The highest BCUT2D eigenvalue weighted by atomic mass is 16.7. The molecule has 1 fully saturated rings. The summed E-state index contributed by atoms with van der Waals surface area (Å²) in [5.74, 6) is -2.73. The van der Waals surface area contributed by atoms with Crippen LogP contribution in [0.5, 0.6) is 0 Å². The summed E-state index contributed by atoms with van der Waals surface area (Å²) >= 11 is 0. The molecule has 0 spiro atoms. The van der Waals surface area contributed by atoms with E-state index >= 15 is 0 Å². The van der Waals surface area contributed by atoms with Crippen molar-refractivity contribution in [3.05, 3.63) is 0 Å². The molecular weight excluding hydrogens is 352 g/mol. The van der Waals surface area contributed by atoms with Gasteiger partial charge in [-0.15, -0.1) is 0 Å². The van der Waals surface area contributed by atoms with E-state index in [9.17, 15) is 24.0 Å². The van der Waals surface area contributed by atoms with Crippen LogP contribution in [0.15, 0.2) is 0 Å². The van der Waals surface area contributed by atoms with Gasteiger partial charge in [0, 0.05) is 34.1 Å². The van der Waals surface area contributed by atoms with Crippen LogP contribution in [-0.2, 0) is 47.7 Å². The molecular formula is C16H22O10. The molecule has 146 valence electrons. The van der Waals surface area contributed by atoms with Crippen molar-refractivity contribution in [2.24, 2.45) is 0 Å². The SMILES string of the molecule is CC(=O)OC[C@H]1O[C@H](CC=O)[C@H](OC(C)=O)[C@@H](OC(C)=O)[C@@H]1OC(C)=O. The minimum atomic E-state index is -1.24. The lowest BCUT2D eigenvalue weighted by Crippen LogP contribution is -2.62. The second-order valence-electron chi connectivity index (χ2n) is 5.64. The van der Waals surface area contributed by atoms with Gasteiger partial charge in [-0.2, -0.15) is 0 Å². The molecule has 1 aliphatic rings. The lowest BCUT2D eigenvalue weighted by molar-refractivity contribution is -0.252. The van der Waals surface area contributed by atoms with Crippen LogP contribution in [0, 0.1) is 0 Å². The summed E-state index contributed by atoms with van der Waals surface area (Å²) in [7, 11) is 0. The molecule has 0 aromatic heterocycles. The van der Waals surface area contributed by atoms with Crippen LogP contribution in [0.3, 0.4) is 0 Å². The molecule has 0 radical (unpaired) electrons. The molecule has 1 aliphatic heterocycles. The number of hydrogen-bond donors (Lipinski definition) is 0. The molecule has 0 aromatic carbocycles. The summed E-state index contributed by atoms with van der Waals surface area (Å²) in [5.41, 5.74) is 0. The minimum Gasteiger partial charge on any atom is -0.463 e. The summed E-state index contributed by atoms with van der Waals surface area (Å²) in [6, 6.07) is 0. The molecule has 0 unspecified atom stereocenters. The zero-order valence-corrected chi connectivity index (χ0v) is 15.0. The van der Waals surface area contributed by atoms with E-state index in [2.05, 4.69) is 0 Å². The molecule has 5 atom stereocenters. The summed E-state index contributed by atoms with van der Waals surface area (Å²) in [4.78, 5) is 56.5. The second-order valence-corrected chi connectivity index (χ2v) is 5.64. The molecule has 10 heteroatoms. The normalized spacial score (nSPS) is 27.8. The Morgan fingerprint density at radius 1 is 0.769 bits per heavy atom. The van der Waals surface area contributed by atoms with Gasteiger partial charge in [0.1, 0.15) is 25.1 Å². The monoisotopic (exact) mass is 374 g/mol. The first-order valence-corrected chi connectivity index (χ1v) is 7.89. The van der Waals surface area contributed by atoms with Crippen LogP contribution in [0.25, 0.3) is 0 Å². The van der Waals surface area contributed by atoms with Gasteiger partial charge < -0.3 is 28.5 Å². The van der Waals surface area contributed by atoms with E-state index in [0.717, 1.165) is 20.8 Å². The van der Waals surface area contributed by atoms with Crippen molar-refractivity contribution in [3.63, 3.8) is 0 Å². The molecule has 10 nitrogen and oxygen atoms in total. The van der Waals surface area contributed by atoms with E-state index in [1.807, 2.05) is 0 Å². The quantitative estimate of drug-likeness (QED) is 0.332. The summed E-state index contributed by atoms with van der Waals surface area (Å²) in [6.45, 7) is 4.26. The zero-order valence-electron chi connectivity index (χ0n) is 15.0. The molecule has 0 aliphatic carbocycles. The van der Waals surface area contributed by atoms with Gasteiger partial charge in [-0.25, -0.2) is 0 Å². The Bertz CT molecular complexity index is 557. The van der Waals surface area contributed by atoms with E-state index < -0.39 is 54.4 Å². The van der Waals surface area contributed by atoms with Gasteiger partial charge in [0.05, 0.1) is 0 Å². The third-order valence-electron chi connectivity index (χ3n) is 3.42. The third-order valence-corrected chi connectivity index (χ3v) is 3.42. The average molecular weight is 374 g/mol. The Morgan fingerprint density at radius 3 is 1.65 bits per heavy atom. The summed E-state index contributed by atoms with van der Waals surface area (Å²) in [5, 5.41) is 0. The molecule has 1 saturated heterocycles. The lowest BCUT2D eigenvalue weighted by Gasteiger charge is -2.44. The van der Waals surface area contributed by atoms with Crippen molar-refractivity contribution in [3.8, 4) is 0 Å². The van der Waals surface area contributed by atoms with Gasteiger partial charge in [0.25, 0.3) is 0 Å². The highest BCUT2D eigenvalue weighted by Crippen LogP contribution is 2.30. The molecule has 0 amide bonds. The maximum Gasteiger partial charge on any atom is 0.303 e. The fourth-order valence-electron chi connectivity index (χ4n) is 2.60. The minimum absolute atomic E-state index is 0.181. The number of aldehydes is 1. The number of carbonyl (C=O) groups excluding carboxylic acids is 5. The number of carbonyl (C=O) groups is 5. The Hall–Kier alpha value is -2.49. The summed E-state index contributed by atoms with van der Waals surface area (Å²) < 4.78 is 26.1. The van der Waals surface area contributed by atoms with Crippen LogP contribution in [0.4, 0.5) is 0 Å². The molecule has 0 aromatic rings. The average Bonchev–Trinajstić information content (AvgIpc) is 2.50. The van der Waals surface area contributed by atoms with Crippen molar-refractivity contribution < 1.29 is 47.7 Å². The van der Waals surface area contributed by atoms with E-state index in [1.54, 1.807) is 0 Å². The lowest BCUT2D eigenvalue weighted by atomic mass is 9.93. The van der Waals surface area contributed by atoms with Gasteiger partial charge in [-0.1, -0.05) is 0 Å². The van der Waals surface area contributed by atoms with Crippen LogP contribution in [0.1, 0.15) is 34.1 Å². The van der Waals surface area contributed by atoms with Gasteiger partial charge in [-0.05, 0) is 0 Å². The fourth-order valence-corrected chi connectivity index (χ4v) is 2.60. The molecule has 26 heavy (non-hydrogen) atoms. The number of rotatable bonds is 7. The largest absolute Gasteiger partial charge is 0.463 e. The fraction of sp³-hybridized carbons (Fsp3) is 0.688. The molecule has 0 saturated carbocycles. The predicted molar refractivity (Wildman–Crippen MR) is 82.6 cm³/mol. The van der Waals surface area contributed by atoms with Gasteiger partial charge >= 0.3 is 23.9 Å². The van der Waals surface area contributed by atoms with Crippen LogP contribution in [0.2, 0.25) is 0 Å². The first-order valence-electron chi connectivity index (χ1n) is 7.89. The van der Waals surface area contributed by atoms with Gasteiger partial charge in [0.15, 0.2) is 18.3 Å². The van der Waals surface area contributed by atoms with Crippen LogP contribution >= 0.6 is 0 Å². The Kier molecular flexibility index (Phi) is 8.17. The van der Waals surface area contributed by atoms with Crippen molar-refractivity contribution in [2.75, 3.05) is 6.61 Å². The molecule has 1 heterocycles. The van der Waals surface area contributed by atoms with Gasteiger partial charge in [0.2, 0.25) is 0 Å². The number of ether oxygens (including phenoxy) is 5. The topological polar surface area (TPSA) is 132 Å². The van der Waals surface area contributed by atoms with Crippen molar-refractivity contribution in [2.45, 2.75) is 64.6 Å². The van der Waals surface area contributed by atoms with Crippen molar-refractivity contribution in [1.29, 1.82) is 0 Å². The van der Waals surface area contributed by atoms with E-state index in [0.29, 0.717) is 6.29 Å². The van der Waals surface area contributed by atoms with Crippen LogP contribution in [-0.4, -0.2) is 67.3 Å². The van der Waals surface area contributed by atoms with E-state index in [4.69, 9.17) is 23.7 Å². The number of hydrogen-bond acceptors (Lipinski definition) is 10. The smallest absolute Gasteiger partial charge is 0.303 e.